The van der Waals surface area contributed by atoms with Gasteiger partial charge in [0.05, 0.1) is 11.9 Å². The first kappa shape index (κ1) is 14.5. The lowest BCUT2D eigenvalue weighted by molar-refractivity contribution is 0.220. The largest absolute Gasteiger partial charge is 0.319 e. The van der Waals surface area contributed by atoms with Crippen molar-refractivity contribution in [3.8, 4) is 0 Å². The summed E-state index contributed by atoms with van der Waals surface area (Å²) in [5, 5.41) is 11.8. The van der Waals surface area contributed by atoms with E-state index in [-0.39, 0.29) is 0 Å². The van der Waals surface area contributed by atoms with Crippen molar-refractivity contribution in [1.82, 2.24) is 20.3 Å². The van der Waals surface area contributed by atoms with Crippen molar-refractivity contribution in [2.75, 3.05) is 13.6 Å². The van der Waals surface area contributed by atoms with Gasteiger partial charge in [-0.05, 0) is 44.7 Å². The topological polar surface area (TPSA) is 42.7 Å². The number of hydrogen-bond acceptors (Lipinski definition) is 3. The van der Waals surface area contributed by atoms with Gasteiger partial charge in [0, 0.05) is 12.5 Å². The van der Waals surface area contributed by atoms with Crippen LogP contribution in [-0.2, 0) is 6.54 Å². The highest BCUT2D eigenvalue weighted by molar-refractivity contribution is 5.08. The summed E-state index contributed by atoms with van der Waals surface area (Å²) in [6.45, 7) is 6.63. The lowest BCUT2D eigenvalue weighted by atomic mass is 9.72. The fourth-order valence-corrected chi connectivity index (χ4v) is 3.50. The van der Waals surface area contributed by atoms with Crippen LogP contribution in [0.3, 0.4) is 0 Å². The van der Waals surface area contributed by atoms with Gasteiger partial charge in [-0.15, -0.1) is 5.10 Å². The summed E-state index contributed by atoms with van der Waals surface area (Å²) >= 11 is 0. The second-order valence-electron chi connectivity index (χ2n) is 5.89. The molecule has 0 saturated heterocycles. The molecule has 108 valence electrons. The van der Waals surface area contributed by atoms with Crippen LogP contribution < -0.4 is 5.32 Å². The van der Waals surface area contributed by atoms with E-state index in [1.807, 2.05) is 6.20 Å². The van der Waals surface area contributed by atoms with Gasteiger partial charge in [-0.1, -0.05) is 31.9 Å². The summed E-state index contributed by atoms with van der Waals surface area (Å²) in [4.78, 5) is 0. The fraction of sp³-hybridized carbons (Fsp3) is 0.867. The molecule has 1 heterocycles. The standard InChI is InChI=1S/C15H28N4/c1-4-8-19-15(11-17-18-19)14-9-12(5-2)6-7-13(14)10-16-3/h11-14,16H,4-10H2,1-3H3. The second-order valence-corrected chi connectivity index (χ2v) is 5.89. The molecule has 0 amide bonds. The molecular formula is C15H28N4. The van der Waals surface area contributed by atoms with Gasteiger partial charge < -0.3 is 5.32 Å². The summed E-state index contributed by atoms with van der Waals surface area (Å²) in [6.07, 6.45) is 8.45. The third-order valence-corrected chi connectivity index (χ3v) is 4.61. The minimum Gasteiger partial charge on any atom is -0.319 e. The molecule has 0 bridgehead atoms. The van der Waals surface area contributed by atoms with Crippen molar-refractivity contribution in [2.45, 2.75) is 58.4 Å². The lowest BCUT2D eigenvalue weighted by Crippen LogP contribution is -2.31. The average molecular weight is 264 g/mol. The summed E-state index contributed by atoms with van der Waals surface area (Å²) in [5.41, 5.74) is 1.36. The van der Waals surface area contributed by atoms with E-state index in [0.717, 1.165) is 31.3 Å². The Bertz CT molecular complexity index is 374. The first-order valence-electron chi connectivity index (χ1n) is 7.83. The van der Waals surface area contributed by atoms with E-state index in [1.54, 1.807) is 0 Å². The van der Waals surface area contributed by atoms with Gasteiger partial charge in [-0.3, -0.25) is 0 Å². The number of nitrogens with one attached hydrogen (secondary N) is 1. The Morgan fingerprint density at radius 3 is 2.89 bits per heavy atom. The van der Waals surface area contributed by atoms with E-state index < -0.39 is 0 Å². The quantitative estimate of drug-likeness (QED) is 0.859. The molecule has 2 rings (SSSR count). The van der Waals surface area contributed by atoms with Crippen molar-refractivity contribution in [3.63, 3.8) is 0 Å². The molecule has 1 fully saturated rings. The molecule has 1 saturated carbocycles. The molecule has 0 aromatic carbocycles. The maximum absolute atomic E-state index is 4.27. The van der Waals surface area contributed by atoms with Crippen LogP contribution in [0.2, 0.25) is 0 Å². The number of hydrogen-bond donors (Lipinski definition) is 1. The van der Waals surface area contributed by atoms with Crippen LogP contribution in [0.15, 0.2) is 6.20 Å². The van der Waals surface area contributed by atoms with Crippen LogP contribution >= 0.6 is 0 Å². The zero-order chi connectivity index (χ0) is 13.7. The minimum absolute atomic E-state index is 0.632. The zero-order valence-electron chi connectivity index (χ0n) is 12.6. The molecule has 0 aliphatic heterocycles. The Kier molecular flexibility index (Phi) is 5.37. The van der Waals surface area contributed by atoms with Crippen molar-refractivity contribution in [3.05, 3.63) is 11.9 Å². The number of aryl methyl sites for hydroxylation is 1. The van der Waals surface area contributed by atoms with E-state index >= 15 is 0 Å². The van der Waals surface area contributed by atoms with Gasteiger partial charge in [-0.2, -0.15) is 0 Å². The van der Waals surface area contributed by atoms with Gasteiger partial charge in [0.15, 0.2) is 0 Å². The van der Waals surface area contributed by atoms with E-state index in [9.17, 15) is 0 Å². The SMILES string of the molecule is CCCn1nncc1C1CC(CC)CCC1CNC. The number of nitrogens with zero attached hydrogens (tertiary/aromatic N) is 3. The maximum Gasteiger partial charge on any atom is 0.0728 e. The molecule has 1 N–H and O–H groups in total. The Balaban J connectivity index is 2.17. The van der Waals surface area contributed by atoms with Crippen LogP contribution in [0.5, 0.6) is 0 Å². The molecule has 1 aliphatic rings. The normalized spacial score (nSPS) is 27.6. The average Bonchev–Trinajstić information content (AvgIpc) is 2.88. The Morgan fingerprint density at radius 2 is 2.21 bits per heavy atom. The van der Waals surface area contributed by atoms with Crippen LogP contribution in [-0.4, -0.2) is 28.6 Å². The third kappa shape index (κ3) is 3.35. The maximum atomic E-state index is 4.27. The van der Waals surface area contributed by atoms with Gasteiger partial charge in [0.25, 0.3) is 0 Å². The highest BCUT2D eigenvalue weighted by atomic mass is 15.4. The molecule has 4 nitrogen and oxygen atoms in total. The van der Waals surface area contributed by atoms with Crippen molar-refractivity contribution >= 4 is 0 Å². The molecular weight excluding hydrogens is 236 g/mol. The summed E-state index contributed by atoms with van der Waals surface area (Å²) < 4.78 is 2.13. The Labute approximate surface area is 117 Å². The second kappa shape index (κ2) is 7.04. The molecule has 0 radical (unpaired) electrons. The smallest absolute Gasteiger partial charge is 0.0728 e. The van der Waals surface area contributed by atoms with E-state index in [1.165, 1.54) is 31.4 Å². The van der Waals surface area contributed by atoms with Crippen LogP contribution in [0, 0.1) is 11.8 Å². The van der Waals surface area contributed by atoms with Gasteiger partial charge in [0.2, 0.25) is 0 Å². The van der Waals surface area contributed by atoms with Crippen LogP contribution in [0.4, 0.5) is 0 Å². The third-order valence-electron chi connectivity index (χ3n) is 4.61. The monoisotopic (exact) mass is 264 g/mol. The minimum atomic E-state index is 0.632. The van der Waals surface area contributed by atoms with Crippen molar-refractivity contribution in [2.24, 2.45) is 11.8 Å². The van der Waals surface area contributed by atoms with Crippen LogP contribution in [0.1, 0.15) is 57.6 Å². The Morgan fingerprint density at radius 1 is 1.37 bits per heavy atom. The number of rotatable bonds is 6. The van der Waals surface area contributed by atoms with E-state index in [2.05, 4.69) is 41.2 Å². The van der Waals surface area contributed by atoms with E-state index in [0.29, 0.717) is 5.92 Å². The molecule has 4 heteroatoms. The van der Waals surface area contributed by atoms with Crippen LogP contribution in [0.25, 0.3) is 0 Å². The molecule has 1 aromatic rings. The highest BCUT2D eigenvalue weighted by Gasteiger charge is 2.32. The molecule has 0 spiro atoms. The van der Waals surface area contributed by atoms with Gasteiger partial charge in [0.1, 0.15) is 0 Å². The molecule has 3 atom stereocenters. The summed E-state index contributed by atoms with van der Waals surface area (Å²) in [7, 11) is 2.06. The predicted molar refractivity (Wildman–Crippen MR) is 78.1 cm³/mol. The summed E-state index contributed by atoms with van der Waals surface area (Å²) in [5.74, 6) is 2.25. The lowest BCUT2D eigenvalue weighted by Gasteiger charge is -2.36. The zero-order valence-corrected chi connectivity index (χ0v) is 12.6. The van der Waals surface area contributed by atoms with Gasteiger partial charge in [-0.25, -0.2) is 4.68 Å². The number of aromatic nitrogens is 3. The summed E-state index contributed by atoms with van der Waals surface area (Å²) in [6, 6.07) is 0. The molecule has 3 unspecified atom stereocenters. The van der Waals surface area contributed by atoms with E-state index in [4.69, 9.17) is 0 Å². The van der Waals surface area contributed by atoms with Gasteiger partial charge >= 0.3 is 0 Å². The first-order chi connectivity index (χ1) is 9.30. The predicted octanol–water partition coefficient (Wildman–Crippen LogP) is 2.82. The first-order valence-corrected chi connectivity index (χ1v) is 7.83. The van der Waals surface area contributed by atoms with Crippen molar-refractivity contribution < 1.29 is 0 Å². The molecule has 1 aromatic heterocycles. The Hall–Kier alpha value is -0.900. The fourth-order valence-electron chi connectivity index (χ4n) is 3.50. The molecule has 19 heavy (non-hydrogen) atoms. The highest BCUT2D eigenvalue weighted by Crippen LogP contribution is 2.41. The van der Waals surface area contributed by atoms with Crippen molar-refractivity contribution in [1.29, 1.82) is 0 Å². The molecule has 1 aliphatic carbocycles.